The summed E-state index contributed by atoms with van der Waals surface area (Å²) in [5, 5.41) is 2.69. The number of ether oxygens (including phenoxy) is 3. The molecule has 0 aliphatic carbocycles. The molecule has 25 heavy (non-hydrogen) atoms. The molecule has 0 fully saturated rings. The van der Waals surface area contributed by atoms with Crippen LogP contribution in [0.3, 0.4) is 0 Å². The number of carbonyl (C=O) groups excluding carboxylic acids is 1. The van der Waals surface area contributed by atoms with Gasteiger partial charge in [0.2, 0.25) is 5.91 Å². The first-order valence-electron chi connectivity index (χ1n) is 7.59. The standard InChI is InChI=1S/C18H19F2NO4/c1-23-16-6-3-12(9-17(16)24-2)10-18(22)21-7-8-25-13-4-5-14(19)15(20)11-13/h3-6,9,11H,7-8,10H2,1-2H3,(H,21,22). The van der Waals surface area contributed by atoms with Crippen LogP contribution in [0.5, 0.6) is 17.2 Å². The molecule has 1 amide bonds. The molecule has 0 aromatic heterocycles. The minimum atomic E-state index is -0.977. The molecule has 134 valence electrons. The van der Waals surface area contributed by atoms with Gasteiger partial charge in [0.05, 0.1) is 27.2 Å². The maximum Gasteiger partial charge on any atom is 0.224 e. The summed E-state index contributed by atoms with van der Waals surface area (Å²) in [6.45, 7) is 0.383. The minimum Gasteiger partial charge on any atom is -0.493 e. The van der Waals surface area contributed by atoms with Crippen LogP contribution in [-0.4, -0.2) is 33.3 Å². The highest BCUT2D eigenvalue weighted by Gasteiger charge is 2.08. The first-order chi connectivity index (χ1) is 12.0. The zero-order chi connectivity index (χ0) is 18.2. The van der Waals surface area contributed by atoms with Crippen LogP contribution in [0.25, 0.3) is 0 Å². The average Bonchev–Trinajstić information content (AvgIpc) is 2.61. The second-order valence-corrected chi connectivity index (χ2v) is 5.14. The van der Waals surface area contributed by atoms with Gasteiger partial charge in [0.25, 0.3) is 0 Å². The van der Waals surface area contributed by atoms with Gasteiger partial charge in [-0.3, -0.25) is 4.79 Å². The predicted molar refractivity (Wildman–Crippen MR) is 88.1 cm³/mol. The van der Waals surface area contributed by atoms with E-state index >= 15 is 0 Å². The molecule has 0 unspecified atom stereocenters. The zero-order valence-electron chi connectivity index (χ0n) is 14.0. The minimum absolute atomic E-state index is 0.142. The number of amides is 1. The summed E-state index contributed by atoms with van der Waals surface area (Å²) >= 11 is 0. The maximum absolute atomic E-state index is 13.0. The van der Waals surface area contributed by atoms with E-state index in [0.717, 1.165) is 17.7 Å². The molecule has 2 aromatic carbocycles. The monoisotopic (exact) mass is 351 g/mol. The fourth-order valence-electron chi connectivity index (χ4n) is 2.16. The van der Waals surface area contributed by atoms with Crippen LogP contribution in [0.2, 0.25) is 0 Å². The van der Waals surface area contributed by atoms with Crippen LogP contribution in [0, 0.1) is 11.6 Å². The Labute approximate surface area is 144 Å². The van der Waals surface area contributed by atoms with E-state index in [1.54, 1.807) is 18.2 Å². The Hall–Kier alpha value is -2.83. The number of hydrogen-bond donors (Lipinski definition) is 1. The van der Waals surface area contributed by atoms with Crippen LogP contribution < -0.4 is 19.5 Å². The summed E-state index contributed by atoms with van der Waals surface area (Å²) in [5.41, 5.74) is 0.775. The SMILES string of the molecule is COc1ccc(CC(=O)NCCOc2ccc(F)c(F)c2)cc1OC. The second kappa shape index (κ2) is 8.86. The third-order valence-corrected chi connectivity index (χ3v) is 3.40. The summed E-state index contributed by atoms with van der Waals surface area (Å²) < 4.78 is 41.4. The molecule has 0 radical (unpaired) electrons. The largest absolute Gasteiger partial charge is 0.493 e. The Bertz CT molecular complexity index is 737. The summed E-state index contributed by atoms with van der Waals surface area (Å²) in [5.74, 6) is -0.763. The number of rotatable bonds is 8. The van der Waals surface area contributed by atoms with E-state index in [2.05, 4.69) is 5.32 Å². The number of benzene rings is 2. The fraction of sp³-hybridized carbons (Fsp3) is 0.278. The summed E-state index contributed by atoms with van der Waals surface area (Å²) in [6.07, 6.45) is 0.172. The number of methoxy groups -OCH3 is 2. The highest BCUT2D eigenvalue weighted by atomic mass is 19.2. The summed E-state index contributed by atoms with van der Waals surface area (Å²) in [7, 11) is 3.06. The van der Waals surface area contributed by atoms with Crippen molar-refractivity contribution in [2.45, 2.75) is 6.42 Å². The molecule has 2 rings (SSSR count). The van der Waals surface area contributed by atoms with Gasteiger partial charge in [0.15, 0.2) is 23.1 Å². The molecule has 0 saturated carbocycles. The lowest BCUT2D eigenvalue weighted by Crippen LogP contribution is -2.29. The number of carbonyl (C=O) groups is 1. The summed E-state index contributed by atoms with van der Waals surface area (Å²) in [4.78, 5) is 11.9. The van der Waals surface area contributed by atoms with Crippen LogP contribution >= 0.6 is 0 Å². The Balaban J connectivity index is 1.78. The van der Waals surface area contributed by atoms with Gasteiger partial charge in [-0.05, 0) is 29.8 Å². The lowest BCUT2D eigenvalue weighted by Gasteiger charge is -2.10. The van der Waals surface area contributed by atoms with Gasteiger partial charge in [-0.25, -0.2) is 8.78 Å². The number of nitrogens with one attached hydrogen (secondary N) is 1. The van der Waals surface area contributed by atoms with E-state index in [0.29, 0.717) is 11.5 Å². The predicted octanol–water partition coefficient (Wildman–Crippen LogP) is 2.72. The molecular weight excluding hydrogens is 332 g/mol. The Morgan fingerprint density at radius 2 is 1.76 bits per heavy atom. The van der Waals surface area contributed by atoms with E-state index in [4.69, 9.17) is 14.2 Å². The van der Waals surface area contributed by atoms with Crippen molar-refractivity contribution in [3.8, 4) is 17.2 Å². The van der Waals surface area contributed by atoms with Gasteiger partial charge < -0.3 is 19.5 Å². The maximum atomic E-state index is 13.0. The lowest BCUT2D eigenvalue weighted by atomic mass is 10.1. The van der Waals surface area contributed by atoms with Crippen molar-refractivity contribution in [3.05, 3.63) is 53.6 Å². The second-order valence-electron chi connectivity index (χ2n) is 5.14. The highest BCUT2D eigenvalue weighted by Crippen LogP contribution is 2.27. The first kappa shape index (κ1) is 18.5. The fourth-order valence-corrected chi connectivity index (χ4v) is 2.16. The molecule has 7 heteroatoms. The van der Waals surface area contributed by atoms with Crippen molar-refractivity contribution >= 4 is 5.91 Å². The molecular formula is C18H19F2NO4. The molecule has 0 atom stereocenters. The molecule has 0 aliphatic heterocycles. The number of hydrogen-bond acceptors (Lipinski definition) is 4. The first-order valence-corrected chi connectivity index (χ1v) is 7.59. The molecule has 0 spiro atoms. The molecule has 2 aromatic rings. The Morgan fingerprint density at radius 3 is 2.44 bits per heavy atom. The third-order valence-electron chi connectivity index (χ3n) is 3.40. The van der Waals surface area contributed by atoms with Crippen molar-refractivity contribution < 1.29 is 27.8 Å². The van der Waals surface area contributed by atoms with Gasteiger partial charge in [0.1, 0.15) is 12.4 Å². The highest BCUT2D eigenvalue weighted by molar-refractivity contribution is 5.78. The molecule has 0 bridgehead atoms. The molecule has 0 aliphatic rings. The van der Waals surface area contributed by atoms with Gasteiger partial charge in [-0.2, -0.15) is 0 Å². The van der Waals surface area contributed by atoms with Crippen LogP contribution in [-0.2, 0) is 11.2 Å². The Morgan fingerprint density at radius 1 is 1.00 bits per heavy atom. The average molecular weight is 351 g/mol. The van der Waals surface area contributed by atoms with Gasteiger partial charge in [-0.15, -0.1) is 0 Å². The van der Waals surface area contributed by atoms with Gasteiger partial charge in [0, 0.05) is 6.07 Å². The van der Waals surface area contributed by atoms with E-state index in [1.165, 1.54) is 20.3 Å². The number of halogens is 2. The van der Waals surface area contributed by atoms with Crippen LogP contribution in [0.4, 0.5) is 8.78 Å². The van der Waals surface area contributed by atoms with Crippen molar-refractivity contribution in [3.63, 3.8) is 0 Å². The molecule has 0 saturated heterocycles. The van der Waals surface area contributed by atoms with E-state index in [1.807, 2.05) is 0 Å². The lowest BCUT2D eigenvalue weighted by molar-refractivity contribution is -0.120. The molecule has 0 heterocycles. The van der Waals surface area contributed by atoms with E-state index < -0.39 is 11.6 Å². The van der Waals surface area contributed by atoms with Crippen LogP contribution in [0.15, 0.2) is 36.4 Å². The third kappa shape index (κ3) is 5.34. The van der Waals surface area contributed by atoms with Crippen LogP contribution in [0.1, 0.15) is 5.56 Å². The zero-order valence-corrected chi connectivity index (χ0v) is 14.0. The summed E-state index contributed by atoms with van der Waals surface area (Å²) in [6, 6.07) is 8.51. The van der Waals surface area contributed by atoms with Crippen molar-refractivity contribution in [1.82, 2.24) is 5.32 Å². The Kier molecular flexibility index (Phi) is 6.56. The molecule has 5 nitrogen and oxygen atoms in total. The van der Waals surface area contributed by atoms with E-state index in [-0.39, 0.29) is 31.2 Å². The van der Waals surface area contributed by atoms with Crippen molar-refractivity contribution in [2.24, 2.45) is 0 Å². The quantitative estimate of drug-likeness (QED) is 0.743. The van der Waals surface area contributed by atoms with Crippen molar-refractivity contribution in [2.75, 3.05) is 27.4 Å². The van der Waals surface area contributed by atoms with Gasteiger partial charge >= 0.3 is 0 Å². The normalized spacial score (nSPS) is 10.2. The topological polar surface area (TPSA) is 56.8 Å². The molecule has 1 N–H and O–H groups in total. The van der Waals surface area contributed by atoms with Crippen molar-refractivity contribution in [1.29, 1.82) is 0 Å². The van der Waals surface area contributed by atoms with E-state index in [9.17, 15) is 13.6 Å². The smallest absolute Gasteiger partial charge is 0.224 e. The van der Waals surface area contributed by atoms with Gasteiger partial charge in [-0.1, -0.05) is 6.07 Å².